The van der Waals surface area contributed by atoms with Crippen molar-refractivity contribution >= 4 is 15.9 Å². The fourth-order valence-corrected chi connectivity index (χ4v) is 2.16. The van der Waals surface area contributed by atoms with Gasteiger partial charge in [-0.15, -0.1) is 5.10 Å². The quantitative estimate of drug-likeness (QED) is 0.619. The standard InChI is InChI=1S/C15H12BrF2N5O2/c1-9-2-3-12(4-13(9)25-14(17)18)23-7-11(21-22-23)8-24-15-19-5-10(16)6-20-15/h2-7,14H,8H2,1H3. The zero-order chi connectivity index (χ0) is 17.8. The lowest BCUT2D eigenvalue weighted by Gasteiger charge is -2.09. The molecule has 130 valence electrons. The molecule has 2 aromatic heterocycles. The Labute approximate surface area is 149 Å². The second-order valence-electron chi connectivity index (χ2n) is 4.96. The van der Waals surface area contributed by atoms with E-state index in [1.807, 2.05) is 0 Å². The Kier molecular flexibility index (Phi) is 5.17. The van der Waals surface area contributed by atoms with Gasteiger partial charge in [-0.05, 0) is 34.5 Å². The number of nitrogens with zero attached hydrogens (tertiary/aromatic N) is 5. The van der Waals surface area contributed by atoms with E-state index in [4.69, 9.17) is 4.74 Å². The highest BCUT2D eigenvalue weighted by atomic mass is 79.9. The molecule has 0 atom stereocenters. The van der Waals surface area contributed by atoms with Crippen LogP contribution in [-0.2, 0) is 6.61 Å². The van der Waals surface area contributed by atoms with E-state index in [0.717, 1.165) is 4.47 Å². The Bertz CT molecular complexity index is 857. The predicted molar refractivity (Wildman–Crippen MR) is 86.8 cm³/mol. The molecule has 0 N–H and O–H groups in total. The summed E-state index contributed by atoms with van der Waals surface area (Å²) in [4.78, 5) is 7.97. The fourth-order valence-electron chi connectivity index (χ4n) is 1.96. The predicted octanol–water partition coefficient (Wildman–Crippen LogP) is 3.31. The number of hydrogen-bond acceptors (Lipinski definition) is 6. The van der Waals surface area contributed by atoms with Crippen LogP contribution < -0.4 is 9.47 Å². The molecule has 0 aliphatic carbocycles. The van der Waals surface area contributed by atoms with Crippen molar-refractivity contribution in [2.45, 2.75) is 20.1 Å². The largest absolute Gasteiger partial charge is 0.457 e. The summed E-state index contributed by atoms with van der Waals surface area (Å²) in [6.45, 7) is -1.09. The summed E-state index contributed by atoms with van der Waals surface area (Å²) >= 11 is 3.23. The Morgan fingerprint density at radius 3 is 2.72 bits per heavy atom. The van der Waals surface area contributed by atoms with Crippen LogP contribution in [-0.4, -0.2) is 31.6 Å². The molecule has 0 radical (unpaired) electrons. The molecular weight excluding hydrogens is 400 g/mol. The van der Waals surface area contributed by atoms with Gasteiger partial charge in [0.05, 0.1) is 16.4 Å². The van der Waals surface area contributed by atoms with Crippen LogP contribution in [0.25, 0.3) is 5.69 Å². The highest BCUT2D eigenvalue weighted by Gasteiger charge is 2.11. The molecule has 0 aliphatic heterocycles. The number of halogens is 3. The van der Waals surface area contributed by atoms with Gasteiger partial charge in [-0.2, -0.15) is 8.78 Å². The van der Waals surface area contributed by atoms with Crippen LogP contribution in [0.1, 0.15) is 11.3 Å². The molecule has 0 fully saturated rings. The molecule has 0 amide bonds. The van der Waals surface area contributed by atoms with E-state index in [0.29, 0.717) is 16.9 Å². The topological polar surface area (TPSA) is 75.0 Å². The summed E-state index contributed by atoms with van der Waals surface area (Å²) in [7, 11) is 0. The second-order valence-corrected chi connectivity index (χ2v) is 5.87. The zero-order valence-electron chi connectivity index (χ0n) is 12.9. The lowest BCUT2D eigenvalue weighted by Crippen LogP contribution is -2.04. The van der Waals surface area contributed by atoms with Crippen molar-refractivity contribution in [2.75, 3.05) is 0 Å². The van der Waals surface area contributed by atoms with Crippen molar-refractivity contribution < 1.29 is 18.3 Å². The number of ether oxygens (including phenoxy) is 2. The minimum absolute atomic E-state index is 0.0871. The van der Waals surface area contributed by atoms with E-state index in [9.17, 15) is 8.78 Å². The van der Waals surface area contributed by atoms with Crippen molar-refractivity contribution in [3.8, 4) is 17.4 Å². The second kappa shape index (κ2) is 7.51. The molecule has 1 aromatic carbocycles. The Morgan fingerprint density at radius 2 is 2.00 bits per heavy atom. The maximum atomic E-state index is 12.4. The van der Waals surface area contributed by atoms with E-state index in [-0.39, 0.29) is 18.4 Å². The molecule has 7 nitrogen and oxygen atoms in total. The SMILES string of the molecule is Cc1ccc(-n2cc(COc3ncc(Br)cn3)nn2)cc1OC(F)F. The smallest absolute Gasteiger partial charge is 0.387 e. The highest BCUT2D eigenvalue weighted by molar-refractivity contribution is 9.10. The van der Waals surface area contributed by atoms with Crippen LogP contribution in [0.4, 0.5) is 8.78 Å². The van der Waals surface area contributed by atoms with Crippen LogP contribution in [0.2, 0.25) is 0 Å². The van der Waals surface area contributed by atoms with Gasteiger partial charge >= 0.3 is 12.6 Å². The van der Waals surface area contributed by atoms with Crippen LogP contribution in [0.3, 0.4) is 0 Å². The van der Waals surface area contributed by atoms with E-state index in [2.05, 4.69) is 40.9 Å². The Morgan fingerprint density at radius 1 is 1.24 bits per heavy atom. The van der Waals surface area contributed by atoms with E-state index in [1.54, 1.807) is 37.6 Å². The number of rotatable bonds is 6. The average molecular weight is 412 g/mol. The summed E-state index contributed by atoms with van der Waals surface area (Å²) in [5, 5.41) is 7.93. The van der Waals surface area contributed by atoms with E-state index in [1.165, 1.54) is 10.7 Å². The van der Waals surface area contributed by atoms with E-state index >= 15 is 0 Å². The maximum Gasteiger partial charge on any atom is 0.387 e. The third-order valence-electron chi connectivity index (χ3n) is 3.14. The number of alkyl halides is 2. The summed E-state index contributed by atoms with van der Waals surface area (Å²) in [5.41, 5.74) is 1.67. The van der Waals surface area contributed by atoms with Crippen molar-refractivity contribution in [3.63, 3.8) is 0 Å². The molecule has 3 aromatic rings. The van der Waals surface area contributed by atoms with Crippen LogP contribution >= 0.6 is 15.9 Å². The van der Waals surface area contributed by atoms with Crippen molar-refractivity contribution in [1.82, 2.24) is 25.0 Å². The first-order valence-corrected chi connectivity index (χ1v) is 7.88. The minimum Gasteiger partial charge on any atom is -0.457 e. The molecule has 0 saturated carbocycles. The van der Waals surface area contributed by atoms with E-state index < -0.39 is 6.61 Å². The zero-order valence-corrected chi connectivity index (χ0v) is 14.5. The lowest BCUT2D eigenvalue weighted by atomic mass is 10.2. The molecule has 25 heavy (non-hydrogen) atoms. The van der Waals surface area contributed by atoms with Crippen molar-refractivity contribution in [3.05, 3.63) is 52.5 Å². The lowest BCUT2D eigenvalue weighted by molar-refractivity contribution is -0.0502. The maximum absolute atomic E-state index is 12.4. The van der Waals surface area contributed by atoms with Crippen LogP contribution in [0.15, 0.2) is 41.3 Å². The monoisotopic (exact) mass is 411 g/mol. The summed E-state index contributed by atoms with van der Waals surface area (Å²) < 4.78 is 37.0. The van der Waals surface area contributed by atoms with Gasteiger partial charge < -0.3 is 9.47 Å². The number of aromatic nitrogens is 5. The first-order valence-electron chi connectivity index (χ1n) is 7.08. The normalized spacial score (nSPS) is 10.9. The molecule has 3 rings (SSSR count). The summed E-state index contributed by atoms with van der Waals surface area (Å²) in [6.07, 6.45) is 4.75. The third-order valence-corrected chi connectivity index (χ3v) is 3.55. The van der Waals surface area contributed by atoms with Gasteiger partial charge in [0, 0.05) is 18.5 Å². The molecule has 2 heterocycles. The molecular formula is C15H12BrF2N5O2. The van der Waals surface area contributed by atoms with Gasteiger partial charge in [-0.1, -0.05) is 11.3 Å². The summed E-state index contributed by atoms with van der Waals surface area (Å²) in [5.74, 6) is 0.0871. The van der Waals surface area contributed by atoms with Crippen molar-refractivity contribution in [2.24, 2.45) is 0 Å². The van der Waals surface area contributed by atoms with Gasteiger partial charge in [0.1, 0.15) is 18.1 Å². The highest BCUT2D eigenvalue weighted by Crippen LogP contribution is 2.23. The molecule has 0 spiro atoms. The first-order chi connectivity index (χ1) is 12.0. The minimum atomic E-state index is -2.89. The van der Waals surface area contributed by atoms with Gasteiger partial charge in [-0.25, -0.2) is 14.6 Å². The number of benzene rings is 1. The van der Waals surface area contributed by atoms with Gasteiger partial charge in [0.15, 0.2) is 0 Å². The fraction of sp³-hybridized carbons (Fsp3) is 0.200. The number of aryl methyl sites for hydroxylation is 1. The van der Waals surface area contributed by atoms with Crippen molar-refractivity contribution in [1.29, 1.82) is 0 Å². The third kappa shape index (κ3) is 4.47. The first kappa shape index (κ1) is 17.2. The molecule has 0 bridgehead atoms. The molecule has 0 saturated heterocycles. The van der Waals surface area contributed by atoms with Crippen LogP contribution in [0, 0.1) is 6.92 Å². The Balaban J connectivity index is 1.71. The molecule has 0 unspecified atom stereocenters. The van der Waals surface area contributed by atoms with Gasteiger partial charge in [-0.3, -0.25) is 0 Å². The molecule has 10 heteroatoms. The summed E-state index contributed by atoms with van der Waals surface area (Å²) in [6, 6.07) is 5.07. The Hall–Kier alpha value is -2.62. The van der Waals surface area contributed by atoms with Gasteiger partial charge in [0.2, 0.25) is 0 Å². The van der Waals surface area contributed by atoms with Crippen LogP contribution in [0.5, 0.6) is 11.8 Å². The van der Waals surface area contributed by atoms with Gasteiger partial charge in [0.25, 0.3) is 0 Å². The number of hydrogen-bond donors (Lipinski definition) is 0. The average Bonchev–Trinajstić information content (AvgIpc) is 3.05. The molecule has 0 aliphatic rings.